The first-order valence-corrected chi connectivity index (χ1v) is 11.9. The van der Waals surface area contributed by atoms with Gasteiger partial charge in [0.2, 0.25) is 0 Å². The van der Waals surface area contributed by atoms with Gasteiger partial charge in [-0.25, -0.2) is 0 Å². The largest absolute Gasteiger partial charge is 0.465 e. The van der Waals surface area contributed by atoms with Gasteiger partial charge in [0.15, 0.2) is 0 Å². The smallest absolute Gasteiger partial charge is 0.306 e. The molecule has 2 saturated heterocycles. The lowest BCUT2D eigenvalue weighted by Gasteiger charge is -2.59. The average molecular weight is 465 g/mol. The number of carbonyl (C=O) groups excluding carboxylic acids is 3. The summed E-state index contributed by atoms with van der Waals surface area (Å²) in [6, 6.07) is 0. The predicted molar refractivity (Wildman–Crippen MR) is 117 cm³/mol. The van der Waals surface area contributed by atoms with Gasteiger partial charge in [-0.05, 0) is 18.4 Å². The van der Waals surface area contributed by atoms with Crippen molar-refractivity contribution in [2.75, 3.05) is 13.2 Å². The van der Waals surface area contributed by atoms with Crippen molar-refractivity contribution in [3.63, 3.8) is 0 Å². The minimum atomic E-state index is -0.807. The first-order valence-electron chi connectivity index (χ1n) is 11.9. The van der Waals surface area contributed by atoms with Crippen molar-refractivity contribution in [3.8, 4) is 0 Å². The Bertz CT molecular complexity index is 874. The number of epoxide rings is 1. The van der Waals surface area contributed by atoms with Gasteiger partial charge in [-0.1, -0.05) is 33.8 Å². The number of esters is 3. The van der Waals surface area contributed by atoms with E-state index in [1.165, 1.54) is 13.8 Å². The molecule has 184 valence electrons. The van der Waals surface area contributed by atoms with Crippen molar-refractivity contribution >= 4 is 17.9 Å². The predicted octanol–water partition coefficient (Wildman–Crippen LogP) is 2.97. The third-order valence-electron chi connectivity index (χ3n) is 8.34. The minimum Gasteiger partial charge on any atom is -0.465 e. The second-order valence-electron chi connectivity index (χ2n) is 10.9. The Morgan fingerprint density at radius 3 is 2.39 bits per heavy atom. The van der Waals surface area contributed by atoms with Crippen LogP contribution in [0.3, 0.4) is 0 Å². The number of ether oxygens (including phenoxy) is 5. The molecule has 1 spiro atoms. The molecule has 0 unspecified atom stereocenters. The van der Waals surface area contributed by atoms with Gasteiger partial charge in [-0.2, -0.15) is 0 Å². The molecule has 3 fully saturated rings. The van der Waals surface area contributed by atoms with E-state index in [0.717, 1.165) is 5.57 Å². The summed E-state index contributed by atoms with van der Waals surface area (Å²) in [5.41, 5.74) is -1.26. The topological polar surface area (TPSA) is 101 Å². The standard InChI is InChI=1S/C25H36O8/c1-13(2)8-20(28)32-18-10-24(11-29-16(5)26)19(9-14(18)3)33-22-15(4)21(31-17(6)27)23(24,7)25(22)12-30-25/h9,13,15,18-19,21-22H,8,10-12H2,1-7H3/t15-,18+,19-,21-,22-,23-,24-,25+/m1/s1. The van der Waals surface area contributed by atoms with E-state index in [4.69, 9.17) is 23.7 Å². The Morgan fingerprint density at radius 1 is 1.18 bits per heavy atom. The van der Waals surface area contributed by atoms with Crippen LogP contribution in [0.15, 0.2) is 11.6 Å². The van der Waals surface area contributed by atoms with Crippen LogP contribution in [0.25, 0.3) is 0 Å². The summed E-state index contributed by atoms with van der Waals surface area (Å²) < 4.78 is 30.2. The first-order chi connectivity index (χ1) is 15.4. The van der Waals surface area contributed by atoms with Crippen molar-refractivity contribution in [3.05, 3.63) is 11.6 Å². The van der Waals surface area contributed by atoms with Crippen LogP contribution in [0, 0.1) is 22.7 Å². The number of hydrogen-bond donors (Lipinski definition) is 0. The minimum absolute atomic E-state index is 0.0494. The van der Waals surface area contributed by atoms with Crippen molar-refractivity contribution in [2.45, 2.75) is 91.3 Å². The third-order valence-corrected chi connectivity index (χ3v) is 8.34. The molecule has 8 nitrogen and oxygen atoms in total. The monoisotopic (exact) mass is 464 g/mol. The summed E-state index contributed by atoms with van der Waals surface area (Å²) >= 11 is 0. The maximum absolute atomic E-state index is 12.6. The molecule has 0 radical (unpaired) electrons. The quantitative estimate of drug-likeness (QED) is 0.256. The second kappa shape index (κ2) is 8.08. The molecule has 0 aromatic carbocycles. The van der Waals surface area contributed by atoms with Crippen molar-refractivity contribution in [1.29, 1.82) is 0 Å². The fourth-order valence-electron chi connectivity index (χ4n) is 6.67. The molecule has 8 atom stereocenters. The van der Waals surface area contributed by atoms with E-state index >= 15 is 0 Å². The molecular weight excluding hydrogens is 428 g/mol. The molecule has 0 aromatic rings. The summed E-state index contributed by atoms with van der Waals surface area (Å²) in [4.78, 5) is 36.6. The summed E-state index contributed by atoms with van der Waals surface area (Å²) in [5.74, 6) is -0.988. The van der Waals surface area contributed by atoms with Crippen LogP contribution in [0.2, 0.25) is 0 Å². The lowest BCUT2D eigenvalue weighted by molar-refractivity contribution is -0.241. The van der Waals surface area contributed by atoms with Crippen LogP contribution in [-0.4, -0.2) is 61.1 Å². The first kappa shape index (κ1) is 24.2. The maximum atomic E-state index is 12.6. The van der Waals surface area contributed by atoms with E-state index in [2.05, 4.69) is 6.92 Å². The van der Waals surface area contributed by atoms with Gasteiger partial charge >= 0.3 is 17.9 Å². The fraction of sp³-hybridized carbons (Fsp3) is 0.800. The highest BCUT2D eigenvalue weighted by Gasteiger charge is 2.85. The van der Waals surface area contributed by atoms with E-state index < -0.39 is 40.7 Å². The van der Waals surface area contributed by atoms with Crippen molar-refractivity contribution < 1.29 is 38.1 Å². The molecule has 2 aliphatic heterocycles. The third kappa shape index (κ3) is 3.52. The molecule has 4 rings (SSSR count). The Hall–Kier alpha value is -1.93. The van der Waals surface area contributed by atoms with Gasteiger partial charge < -0.3 is 23.7 Å². The van der Waals surface area contributed by atoms with Crippen LogP contribution < -0.4 is 0 Å². The Balaban J connectivity index is 1.79. The van der Waals surface area contributed by atoms with Crippen LogP contribution in [0.5, 0.6) is 0 Å². The SMILES string of the molecule is CC(=O)OC[C@]12C[C@H](OC(=O)CC(C)C)C(C)=C[C@H]1O[C@@H]1[C@H](C)[C@@H](OC(C)=O)[C@@]2(C)[C@]12CO2. The lowest BCUT2D eigenvalue weighted by Crippen LogP contribution is -2.68. The van der Waals surface area contributed by atoms with Crippen molar-refractivity contribution in [1.82, 2.24) is 0 Å². The number of hydrogen-bond acceptors (Lipinski definition) is 8. The van der Waals surface area contributed by atoms with Crippen LogP contribution >= 0.6 is 0 Å². The molecule has 1 saturated carbocycles. The molecule has 4 aliphatic rings. The molecule has 8 heteroatoms. The Morgan fingerprint density at radius 2 is 1.85 bits per heavy atom. The summed E-state index contributed by atoms with van der Waals surface area (Å²) in [6.45, 7) is 13.2. The second-order valence-corrected chi connectivity index (χ2v) is 10.9. The molecule has 0 amide bonds. The zero-order chi connectivity index (χ0) is 24.3. The Labute approximate surface area is 195 Å². The zero-order valence-electron chi connectivity index (χ0n) is 20.6. The summed E-state index contributed by atoms with van der Waals surface area (Å²) in [7, 11) is 0. The maximum Gasteiger partial charge on any atom is 0.306 e. The molecule has 2 aliphatic carbocycles. The van der Waals surface area contributed by atoms with Gasteiger partial charge in [0.25, 0.3) is 0 Å². The fourth-order valence-corrected chi connectivity index (χ4v) is 6.67. The van der Waals surface area contributed by atoms with Gasteiger partial charge in [0, 0.05) is 32.6 Å². The highest BCUT2D eigenvalue weighted by atomic mass is 16.6. The van der Waals surface area contributed by atoms with Gasteiger partial charge in [0.05, 0.1) is 29.6 Å². The number of fused-ring (bicyclic) bond motifs is 2. The average Bonchev–Trinajstić information content (AvgIpc) is 3.48. The highest BCUT2D eigenvalue weighted by Crippen LogP contribution is 2.73. The zero-order valence-corrected chi connectivity index (χ0v) is 20.6. The number of rotatable bonds is 6. The van der Waals surface area contributed by atoms with Gasteiger partial charge in [-0.15, -0.1) is 0 Å². The van der Waals surface area contributed by atoms with Crippen molar-refractivity contribution in [2.24, 2.45) is 22.7 Å². The summed E-state index contributed by atoms with van der Waals surface area (Å²) in [6.07, 6.45) is 1.04. The van der Waals surface area contributed by atoms with E-state index in [0.29, 0.717) is 19.4 Å². The summed E-state index contributed by atoms with van der Waals surface area (Å²) in [5, 5.41) is 0. The lowest BCUT2D eigenvalue weighted by atomic mass is 9.51. The van der Waals surface area contributed by atoms with E-state index in [9.17, 15) is 14.4 Å². The van der Waals surface area contributed by atoms with Crippen LogP contribution in [0.4, 0.5) is 0 Å². The molecule has 2 bridgehead atoms. The molecule has 0 N–H and O–H groups in total. The molecule has 2 heterocycles. The van der Waals surface area contributed by atoms with Crippen LogP contribution in [-0.2, 0) is 38.1 Å². The molecular formula is C25H36O8. The van der Waals surface area contributed by atoms with E-state index in [1.54, 1.807) is 0 Å². The van der Waals surface area contributed by atoms with E-state index in [-0.39, 0.29) is 36.5 Å². The molecule has 0 aromatic heterocycles. The highest BCUT2D eigenvalue weighted by molar-refractivity contribution is 5.70. The Kier molecular flexibility index (Phi) is 5.93. The normalized spacial score (nSPS) is 43.0. The van der Waals surface area contributed by atoms with Crippen LogP contribution in [0.1, 0.15) is 61.3 Å². The van der Waals surface area contributed by atoms with Gasteiger partial charge in [-0.3, -0.25) is 14.4 Å². The van der Waals surface area contributed by atoms with Gasteiger partial charge in [0.1, 0.15) is 24.4 Å². The van der Waals surface area contributed by atoms with E-state index in [1.807, 2.05) is 33.8 Å². The molecule has 33 heavy (non-hydrogen) atoms. The number of carbonyl (C=O) groups is 3.